The zero-order chi connectivity index (χ0) is 18.6. The molecule has 1 saturated heterocycles. The Morgan fingerprint density at radius 1 is 1.27 bits per heavy atom. The van der Waals surface area contributed by atoms with Crippen LogP contribution >= 0.6 is 22.7 Å². The standard InChI is InChI=1S/C16H22N4O3S3/c1-13(21)17-9-15-3-4-16(25-15)26(22,23)20-6-2-5-19(7-8-20)10-14-11-24-12-18-14/h3-4,11-12H,2,5-10H2,1H3,(H,17,21). The van der Waals surface area contributed by atoms with Crippen molar-refractivity contribution in [3.8, 4) is 0 Å². The summed E-state index contributed by atoms with van der Waals surface area (Å²) < 4.78 is 27.8. The summed E-state index contributed by atoms with van der Waals surface area (Å²) in [5.41, 5.74) is 2.85. The maximum atomic E-state index is 12.9. The molecule has 7 nitrogen and oxygen atoms in total. The van der Waals surface area contributed by atoms with Gasteiger partial charge in [0.25, 0.3) is 10.0 Å². The molecule has 0 aliphatic carbocycles. The molecule has 0 unspecified atom stereocenters. The lowest BCUT2D eigenvalue weighted by molar-refractivity contribution is -0.119. The Labute approximate surface area is 161 Å². The summed E-state index contributed by atoms with van der Waals surface area (Å²) in [6, 6.07) is 3.40. The molecule has 1 aliphatic rings. The molecule has 0 radical (unpaired) electrons. The first-order chi connectivity index (χ1) is 12.4. The van der Waals surface area contributed by atoms with Gasteiger partial charge >= 0.3 is 0 Å². The lowest BCUT2D eigenvalue weighted by atomic mass is 10.3. The van der Waals surface area contributed by atoms with Crippen LogP contribution in [-0.2, 0) is 27.9 Å². The Hall–Kier alpha value is -1.33. The van der Waals surface area contributed by atoms with Crippen LogP contribution in [0.2, 0.25) is 0 Å². The van der Waals surface area contributed by atoms with Gasteiger partial charge in [0.05, 0.1) is 17.7 Å². The highest BCUT2D eigenvalue weighted by atomic mass is 32.2. The van der Waals surface area contributed by atoms with E-state index in [1.54, 1.807) is 27.8 Å². The monoisotopic (exact) mass is 414 g/mol. The first-order valence-corrected chi connectivity index (χ1v) is 11.6. The van der Waals surface area contributed by atoms with E-state index in [1.807, 2.05) is 10.9 Å². The van der Waals surface area contributed by atoms with Crippen LogP contribution < -0.4 is 5.32 Å². The predicted molar refractivity (Wildman–Crippen MR) is 103 cm³/mol. The number of hydrogen-bond acceptors (Lipinski definition) is 7. The first kappa shape index (κ1) is 19.4. The van der Waals surface area contributed by atoms with Gasteiger partial charge in [-0.1, -0.05) is 0 Å². The highest BCUT2D eigenvalue weighted by Gasteiger charge is 2.28. The van der Waals surface area contributed by atoms with Gasteiger partial charge in [-0.15, -0.1) is 22.7 Å². The van der Waals surface area contributed by atoms with E-state index in [4.69, 9.17) is 0 Å². The second-order valence-electron chi connectivity index (χ2n) is 6.14. The number of sulfonamides is 1. The Kier molecular flexibility index (Phi) is 6.41. The lowest BCUT2D eigenvalue weighted by Crippen LogP contribution is -2.34. The van der Waals surface area contributed by atoms with E-state index in [1.165, 1.54) is 18.3 Å². The molecule has 1 N–H and O–H groups in total. The van der Waals surface area contributed by atoms with Crippen LogP contribution in [0.15, 0.2) is 27.2 Å². The molecule has 1 amide bonds. The van der Waals surface area contributed by atoms with Crippen LogP contribution in [0.3, 0.4) is 0 Å². The van der Waals surface area contributed by atoms with Crippen molar-refractivity contribution in [2.45, 2.75) is 30.6 Å². The predicted octanol–water partition coefficient (Wildman–Crippen LogP) is 1.74. The molecule has 3 heterocycles. The van der Waals surface area contributed by atoms with Crippen molar-refractivity contribution < 1.29 is 13.2 Å². The van der Waals surface area contributed by atoms with Gasteiger partial charge in [0.1, 0.15) is 4.21 Å². The molecule has 1 fully saturated rings. The van der Waals surface area contributed by atoms with Gasteiger partial charge in [-0.2, -0.15) is 4.31 Å². The van der Waals surface area contributed by atoms with E-state index in [9.17, 15) is 13.2 Å². The maximum Gasteiger partial charge on any atom is 0.252 e. The number of hydrogen-bond donors (Lipinski definition) is 1. The third-order valence-corrected chi connectivity index (χ3v) is 8.25. The van der Waals surface area contributed by atoms with E-state index in [0.29, 0.717) is 30.4 Å². The molecular formula is C16H22N4O3S3. The minimum atomic E-state index is -3.49. The normalized spacial score (nSPS) is 17.1. The Morgan fingerprint density at radius 2 is 2.12 bits per heavy atom. The number of nitrogens with zero attached hydrogens (tertiary/aromatic N) is 3. The zero-order valence-corrected chi connectivity index (χ0v) is 17.0. The molecule has 1 aliphatic heterocycles. The average Bonchev–Trinajstić information content (AvgIpc) is 3.22. The molecule has 3 rings (SSSR count). The van der Waals surface area contributed by atoms with Crippen molar-refractivity contribution in [2.75, 3.05) is 26.2 Å². The van der Waals surface area contributed by atoms with E-state index in [2.05, 4.69) is 15.2 Å². The van der Waals surface area contributed by atoms with Gasteiger partial charge in [0, 0.05) is 43.4 Å². The largest absolute Gasteiger partial charge is 0.351 e. The van der Waals surface area contributed by atoms with Gasteiger partial charge < -0.3 is 5.32 Å². The average molecular weight is 415 g/mol. The summed E-state index contributed by atoms with van der Waals surface area (Å²) in [6.07, 6.45) is 0.799. The maximum absolute atomic E-state index is 12.9. The molecule has 142 valence electrons. The Bertz CT molecular complexity index is 833. The van der Waals surface area contributed by atoms with Gasteiger partial charge in [-0.3, -0.25) is 9.69 Å². The van der Waals surface area contributed by atoms with Crippen LogP contribution in [-0.4, -0.2) is 54.7 Å². The van der Waals surface area contributed by atoms with Crippen LogP contribution in [0, 0.1) is 0 Å². The number of thiazole rings is 1. The van der Waals surface area contributed by atoms with E-state index in [-0.39, 0.29) is 5.91 Å². The smallest absolute Gasteiger partial charge is 0.252 e. The highest BCUT2D eigenvalue weighted by Crippen LogP contribution is 2.26. The molecule has 0 spiro atoms. The van der Waals surface area contributed by atoms with Crippen molar-refractivity contribution in [1.29, 1.82) is 0 Å². The Balaban J connectivity index is 1.63. The van der Waals surface area contributed by atoms with E-state index in [0.717, 1.165) is 30.1 Å². The summed E-state index contributed by atoms with van der Waals surface area (Å²) in [5.74, 6) is -0.129. The molecular weight excluding hydrogens is 392 g/mol. The van der Waals surface area contributed by atoms with Crippen LogP contribution in [0.1, 0.15) is 23.9 Å². The fraction of sp³-hybridized carbons (Fsp3) is 0.500. The fourth-order valence-corrected chi connectivity index (χ4v) is 6.29. The van der Waals surface area contributed by atoms with E-state index < -0.39 is 10.0 Å². The second-order valence-corrected chi connectivity index (χ2v) is 10.2. The van der Waals surface area contributed by atoms with Crippen LogP contribution in [0.25, 0.3) is 0 Å². The number of carbonyl (C=O) groups excluding carboxylic acids is 1. The number of amides is 1. The molecule has 0 bridgehead atoms. The lowest BCUT2D eigenvalue weighted by Gasteiger charge is -2.20. The second kappa shape index (κ2) is 8.57. The summed E-state index contributed by atoms with van der Waals surface area (Å²) in [5, 5.41) is 4.72. The van der Waals surface area contributed by atoms with Gasteiger partial charge in [-0.25, -0.2) is 13.4 Å². The fourth-order valence-electron chi connectivity index (χ4n) is 2.82. The van der Waals surface area contributed by atoms with Crippen LogP contribution in [0.5, 0.6) is 0 Å². The minimum absolute atomic E-state index is 0.129. The molecule has 26 heavy (non-hydrogen) atoms. The summed E-state index contributed by atoms with van der Waals surface area (Å²) in [4.78, 5) is 18.4. The molecule has 10 heteroatoms. The number of aromatic nitrogens is 1. The quantitative estimate of drug-likeness (QED) is 0.779. The third-order valence-electron chi connectivity index (χ3n) is 4.16. The number of nitrogens with one attached hydrogen (secondary N) is 1. The topological polar surface area (TPSA) is 82.6 Å². The molecule has 2 aromatic heterocycles. The summed E-state index contributed by atoms with van der Waals surface area (Å²) >= 11 is 2.79. The number of rotatable bonds is 6. The summed E-state index contributed by atoms with van der Waals surface area (Å²) in [7, 11) is -3.49. The minimum Gasteiger partial charge on any atom is -0.351 e. The molecule has 0 aromatic carbocycles. The van der Waals surface area contributed by atoms with Crippen molar-refractivity contribution >= 4 is 38.6 Å². The van der Waals surface area contributed by atoms with Crippen molar-refractivity contribution in [3.05, 3.63) is 33.6 Å². The zero-order valence-electron chi connectivity index (χ0n) is 14.6. The van der Waals surface area contributed by atoms with Crippen molar-refractivity contribution in [3.63, 3.8) is 0 Å². The number of carbonyl (C=O) groups is 1. The molecule has 2 aromatic rings. The molecule has 0 saturated carbocycles. The first-order valence-electron chi connectivity index (χ1n) is 8.38. The Morgan fingerprint density at radius 3 is 2.85 bits per heavy atom. The van der Waals surface area contributed by atoms with Crippen molar-refractivity contribution in [2.24, 2.45) is 0 Å². The van der Waals surface area contributed by atoms with Gasteiger partial charge in [-0.05, 0) is 25.1 Å². The van der Waals surface area contributed by atoms with Crippen molar-refractivity contribution in [1.82, 2.24) is 19.5 Å². The SMILES string of the molecule is CC(=O)NCc1ccc(S(=O)(=O)N2CCCN(Cc3cscn3)CC2)s1. The van der Waals surface area contributed by atoms with E-state index >= 15 is 0 Å². The van der Waals surface area contributed by atoms with Crippen LogP contribution in [0.4, 0.5) is 0 Å². The molecule has 0 atom stereocenters. The van der Waals surface area contributed by atoms with Gasteiger partial charge in [0.2, 0.25) is 5.91 Å². The third kappa shape index (κ3) is 4.89. The highest BCUT2D eigenvalue weighted by molar-refractivity contribution is 7.91. The van der Waals surface area contributed by atoms with Gasteiger partial charge in [0.15, 0.2) is 0 Å². The number of thiophene rings is 1. The summed E-state index contributed by atoms with van der Waals surface area (Å²) in [6.45, 7) is 5.12.